The Morgan fingerprint density at radius 1 is 1.41 bits per heavy atom. The van der Waals surface area contributed by atoms with Gasteiger partial charge in [0.2, 0.25) is 11.0 Å². The highest BCUT2D eigenvalue weighted by Gasteiger charge is 2.21. The second-order valence-electron chi connectivity index (χ2n) is 4.69. The smallest absolute Gasteiger partial charge is 0.239 e. The van der Waals surface area contributed by atoms with Crippen molar-refractivity contribution in [3.05, 3.63) is 29.3 Å². The molecule has 6 nitrogen and oxygen atoms in total. The van der Waals surface area contributed by atoms with Crippen molar-refractivity contribution in [2.45, 2.75) is 30.7 Å². The zero-order valence-corrected chi connectivity index (χ0v) is 13.8. The van der Waals surface area contributed by atoms with Crippen LogP contribution < -0.4 is 5.32 Å². The number of benzene rings is 1. The Labute approximate surface area is 135 Å². The largest absolute Gasteiger partial charge is 0.333 e. The highest BCUT2D eigenvalue weighted by molar-refractivity contribution is 8.00. The number of para-hydroxylation sites is 2. The van der Waals surface area contributed by atoms with Crippen LogP contribution in [-0.4, -0.2) is 31.3 Å². The summed E-state index contributed by atoms with van der Waals surface area (Å²) in [6.45, 7) is 3.83. The van der Waals surface area contributed by atoms with Crippen LogP contribution in [0.4, 0.5) is 5.13 Å². The minimum atomic E-state index is -0.232. The van der Waals surface area contributed by atoms with Crippen LogP contribution in [0.5, 0.6) is 0 Å². The van der Waals surface area contributed by atoms with E-state index in [4.69, 9.17) is 0 Å². The first-order valence-electron chi connectivity index (χ1n) is 6.88. The van der Waals surface area contributed by atoms with E-state index in [0.29, 0.717) is 11.6 Å². The zero-order valence-electron chi connectivity index (χ0n) is 12.2. The monoisotopic (exact) mass is 333 g/mol. The quantitative estimate of drug-likeness (QED) is 0.700. The Balaban J connectivity index is 1.71. The molecule has 0 fully saturated rings. The Bertz CT molecular complexity index is 764. The number of rotatable bonds is 5. The number of fused-ring (bicyclic) bond motifs is 1. The van der Waals surface area contributed by atoms with Crippen molar-refractivity contribution in [2.24, 2.45) is 0 Å². The van der Waals surface area contributed by atoms with E-state index in [9.17, 15) is 4.79 Å². The highest BCUT2D eigenvalue weighted by Crippen LogP contribution is 2.26. The Kier molecular flexibility index (Phi) is 4.39. The lowest BCUT2D eigenvalue weighted by Gasteiger charge is -2.11. The maximum Gasteiger partial charge on any atom is 0.239 e. The molecule has 0 saturated carbocycles. The third-order valence-corrected chi connectivity index (χ3v) is 5.04. The second kappa shape index (κ2) is 6.45. The van der Waals surface area contributed by atoms with Gasteiger partial charge in [-0.2, -0.15) is 0 Å². The van der Waals surface area contributed by atoms with Gasteiger partial charge in [-0.3, -0.25) is 10.1 Å². The van der Waals surface area contributed by atoms with Gasteiger partial charge in [0.15, 0.2) is 5.16 Å². The fourth-order valence-electron chi connectivity index (χ4n) is 1.98. The topological polar surface area (TPSA) is 83.6 Å². The van der Waals surface area contributed by atoms with Crippen LogP contribution in [0.3, 0.4) is 0 Å². The van der Waals surface area contributed by atoms with E-state index < -0.39 is 0 Å². The molecule has 0 saturated heterocycles. The van der Waals surface area contributed by atoms with Gasteiger partial charge in [-0.05, 0) is 25.5 Å². The summed E-state index contributed by atoms with van der Waals surface area (Å²) in [5.74, 6) is -0.0795. The summed E-state index contributed by atoms with van der Waals surface area (Å²) in [6, 6.07) is 7.81. The number of aromatic nitrogens is 4. The molecule has 0 unspecified atom stereocenters. The van der Waals surface area contributed by atoms with Crippen LogP contribution in [0.1, 0.15) is 18.4 Å². The van der Waals surface area contributed by atoms with Crippen LogP contribution in [-0.2, 0) is 4.79 Å². The average molecular weight is 333 g/mol. The SMILES string of the molecule is CC[C@H](Sc1nc2ccccc2[nH]1)C(=O)Nc1nnc(C)s1. The fraction of sp³-hybridized carbons (Fsp3) is 0.286. The number of thioether (sulfide) groups is 1. The van der Waals surface area contributed by atoms with Crippen molar-refractivity contribution in [3.63, 3.8) is 0 Å². The molecule has 0 aliphatic rings. The first kappa shape index (κ1) is 15.0. The molecule has 1 atom stereocenters. The van der Waals surface area contributed by atoms with Crippen LogP contribution in [0.2, 0.25) is 0 Å². The summed E-state index contributed by atoms with van der Waals surface area (Å²) >= 11 is 2.79. The van der Waals surface area contributed by atoms with Crippen molar-refractivity contribution >= 4 is 45.2 Å². The average Bonchev–Trinajstić information content (AvgIpc) is 3.10. The van der Waals surface area contributed by atoms with E-state index in [2.05, 4.69) is 25.5 Å². The predicted molar refractivity (Wildman–Crippen MR) is 89.3 cm³/mol. The number of aryl methyl sites for hydroxylation is 1. The number of carbonyl (C=O) groups excluding carboxylic acids is 1. The van der Waals surface area contributed by atoms with E-state index in [-0.39, 0.29) is 11.2 Å². The van der Waals surface area contributed by atoms with Crippen molar-refractivity contribution in [3.8, 4) is 0 Å². The van der Waals surface area contributed by atoms with E-state index >= 15 is 0 Å². The lowest BCUT2D eigenvalue weighted by molar-refractivity contribution is -0.115. The number of imidazole rings is 1. The number of amides is 1. The Morgan fingerprint density at radius 2 is 2.23 bits per heavy atom. The number of anilines is 1. The van der Waals surface area contributed by atoms with Crippen molar-refractivity contribution < 1.29 is 4.79 Å². The van der Waals surface area contributed by atoms with Gasteiger partial charge in [-0.25, -0.2) is 4.98 Å². The van der Waals surface area contributed by atoms with Gasteiger partial charge in [-0.1, -0.05) is 42.2 Å². The summed E-state index contributed by atoms with van der Waals surface area (Å²) in [5, 5.41) is 12.5. The standard InChI is InChI=1S/C14H15N5OS2/c1-3-11(12(20)17-14-19-18-8(2)21-14)22-13-15-9-6-4-5-7-10(9)16-13/h4-7,11H,3H2,1-2H3,(H,15,16)(H,17,19,20)/t11-/m0/s1. The van der Waals surface area contributed by atoms with Gasteiger partial charge in [0, 0.05) is 0 Å². The summed E-state index contributed by atoms with van der Waals surface area (Å²) < 4.78 is 0. The molecule has 1 aromatic carbocycles. The molecule has 1 amide bonds. The fourth-order valence-corrected chi connectivity index (χ4v) is 3.49. The molecular formula is C14H15N5OS2. The maximum atomic E-state index is 12.3. The number of hydrogen-bond donors (Lipinski definition) is 2. The minimum absolute atomic E-state index is 0.0795. The van der Waals surface area contributed by atoms with Gasteiger partial charge >= 0.3 is 0 Å². The first-order chi connectivity index (χ1) is 10.7. The van der Waals surface area contributed by atoms with E-state index in [0.717, 1.165) is 21.2 Å². The molecule has 2 heterocycles. The Morgan fingerprint density at radius 3 is 2.91 bits per heavy atom. The molecule has 2 aromatic heterocycles. The number of nitrogens with one attached hydrogen (secondary N) is 2. The van der Waals surface area contributed by atoms with Gasteiger partial charge in [0.25, 0.3) is 0 Å². The second-order valence-corrected chi connectivity index (χ2v) is 7.06. The van der Waals surface area contributed by atoms with E-state index in [1.54, 1.807) is 0 Å². The summed E-state index contributed by atoms with van der Waals surface area (Å²) in [6.07, 6.45) is 0.700. The van der Waals surface area contributed by atoms with Crippen molar-refractivity contribution in [1.82, 2.24) is 20.2 Å². The molecule has 0 aliphatic heterocycles. The number of hydrogen-bond acceptors (Lipinski definition) is 6. The van der Waals surface area contributed by atoms with E-state index in [1.807, 2.05) is 38.1 Å². The van der Waals surface area contributed by atoms with Gasteiger partial charge < -0.3 is 4.98 Å². The Hall–Kier alpha value is -1.93. The molecule has 8 heteroatoms. The molecule has 0 spiro atoms. The molecule has 114 valence electrons. The predicted octanol–water partition coefficient (Wildman–Crippen LogP) is 3.23. The summed E-state index contributed by atoms with van der Waals surface area (Å²) in [5.41, 5.74) is 1.88. The van der Waals surface area contributed by atoms with Gasteiger partial charge in [0.1, 0.15) is 5.01 Å². The lowest BCUT2D eigenvalue weighted by atomic mass is 10.3. The molecule has 22 heavy (non-hydrogen) atoms. The third kappa shape index (κ3) is 3.28. The maximum absolute atomic E-state index is 12.3. The normalized spacial score (nSPS) is 12.5. The molecule has 0 bridgehead atoms. The minimum Gasteiger partial charge on any atom is -0.333 e. The summed E-state index contributed by atoms with van der Waals surface area (Å²) in [7, 11) is 0. The number of carbonyl (C=O) groups is 1. The zero-order chi connectivity index (χ0) is 15.5. The number of aromatic amines is 1. The number of H-pyrrole nitrogens is 1. The van der Waals surface area contributed by atoms with Crippen LogP contribution in [0, 0.1) is 6.92 Å². The van der Waals surface area contributed by atoms with Gasteiger partial charge in [0.05, 0.1) is 16.3 Å². The molecule has 3 aromatic rings. The third-order valence-electron chi connectivity index (χ3n) is 3.04. The van der Waals surface area contributed by atoms with Crippen LogP contribution in [0.15, 0.2) is 29.4 Å². The molecule has 2 N–H and O–H groups in total. The lowest BCUT2D eigenvalue weighted by Crippen LogP contribution is -2.24. The molecule has 3 rings (SSSR count). The van der Waals surface area contributed by atoms with Crippen LogP contribution >= 0.6 is 23.1 Å². The summed E-state index contributed by atoms with van der Waals surface area (Å²) in [4.78, 5) is 20.1. The first-order valence-corrected chi connectivity index (χ1v) is 8.57. The van der Waals surface area contributed by atoms with E-state index in [1.165, 1.54) is 23.1 Å². The van der Waals surface area contributed by atoms with Crippen LogP contribution in [0.25, 0.3) is 11.0 Å². The molecular weight excluding hydrogens is 318 g/mol. The number of nitrogens with zero attached hydrogens (tertiary/aromatic N) is 3. The molecule has 0 radical (unpaired) electrons. The van der Waals surface area contributed by atoms with Crippen molar-refractivity contribution in [1.29, 1.82) is 0 Å². The van der Waals surface area contributed by atoms with Crippen molar-refractivity contribution in [2.75, 3.05) is 5.32 Å². The van der Waals surface area contributed by atoms with Gasteiger partial charge in [-0.15, -0.1) is 10.2 Å². The molecule has 0 aliphatic carbocycles. The highest BCUT2D eigenvalue weighted by atomic mass is 32.2.